The fraction of sp³-hybridized carbons (Fsp3) is 0.400. The van der Waals surface area contributed by atoms with Crippen LogP contribution in [0.5, 0.6) is 0 Å². The Morgan fingerprint density at radius 3 is 2.40 bits per heavy atom. The molecule has 2 aromatic carbocycles. The van der Waals surface area contributed by atoms with Gasteiger partial charge in [0.2, 0.25) is 10.0 Å². The maximum Gasteiger partial charge on any atom is 0.353 e. The first-order chi connectivity index (χ1) is 16.8. The minimum Gasteiger partial charge on any atom is -0.477 e. The lowest BCUT2D eigenvalue weighted by atomic mass is 9.88. The zero-order valence-electron chi connectivity index (χ0n) is 19.7. The highest BCUT2D eigenvalue weighted by Gasteiger charge is 2.45. The van der Waals surface area contributed by atoms with Crippen LogP contribution in [-0.2, 0) is 26.2 Å². The second-order valence-corrected chi connectivity index (χ2v) is 10.5. The van der Waals surface area contributed by atoms with Crippen LogP contribution < -0.4 is 5.32 Å². The van der Waals surface area contributed by atoms with E-state index in [1.54, 1.807) is 24.3 Å². The highest BCUT2D eigenvalue weighted by molar-refractivity contribution is 7.89. The molecule has 2 N–H and O–H groups in total. The number of benzene rings is 2. The number of hydrogen-bond donors (Lipinski definition) is 2. The molecule has 10 heteroatoms. The summed E-state index contributed by atoms with van der Waals surface area (Å²) in [6.45, 7) is 4.10. The predicted molar refractivity (Wildman–Crippen MR) is 131 cm³/mol. The van der Waals surface area contributed by atoms with Crippen LogP contribution in [0.25, 0.3) is 0 Å². The molecule has 1 spiro atoms. The number of aliphatic carboxylic acids is 1. The van der Waals surface area contributed by atoms with Gasteiger partial charge in [0.05, 0.1) is 11.0 Å². The molecular formula is C25H30N4O5S. The van der Waals surface area contributed by atoms with Crippen LogP contribution in [0.1, 0.15) is 36.8 Å². The molecule has 1 fully saturated rings. The molecule has 0 atom stereocenters. The zero-order chi connectivity index (χ0) is 25.3. The van der Waals surface area contributed by atoms with Crippen molar-refractivity contribution in [1.82, 2.24) is 9.62 Å². The third kappa shape index (κ3) is 7.11. The number of carboxylic acid groups (broad SMARTS) is 1. The molecule has 2 heterocycles. The number of nitrogens with zero attached hydrogens (tertiary/aromatic N) is 3. The fourth-order valence-corrected chi connectivity index (χ4v) is 5.31. The third-order valence-corrected chi connectivity index (χ3v) is 7.88. The third-order valence-electron chi connectivity index (χ3n) is 5.96. The van der Waals surface area contributed by atoms with Crippen molar-refractivity contribution in [3.05, 3.63) is 65.7 Å². The molecule has 186 valence electrons. The lowest BCUT2D eigenvalue weighted by Gasteiger charge is -2.36. The molecule has 0 aliphatic carbocycles. The van der Waals surface area contributed by atoms with Crippen LogP contribution in [0.4, 0.5) is 0 Å². The zero-order valence-corrected chi connectivity index (χ0v) is 20.5. The number of carboxylic acids is 1. The molecular weight excluding hydrogens is 468 g/mol. The van der Waals surface area contributed by atoms with E-state index in [1.807, 2.05) is 25.1 Å². The normalized spacial score (nSPS) is 17.0. The average molecular weight is 499 g/mol. The Bertz CT molecular complexity index is 1170. The van der Waals surface area contributed by atoms with E-state index in [4.69, 9.17) is 15.2 Å². The summed E-state index contributed by atoms with van der Waals surface area (Å²) in [5.41, 5.74) is 1.59. The monoisotopic (exact) mass is 498 g/mol. The van der Waals surface area contributed by atoms with E-state index < -0.39 is 21.6 Å². The Morgan fingerprint density at radius 1 is 1.17 bits per heavy atom. The number of sulfonamides is 1. The second kappa shape index (κ2) is 11.9. The molecule has 0 saturated carbocycles. The number of piperidine rings is 1. The lowest BCUT2D eigenvalue weighted by Crippen LogP contribution is -2.47. The van der Waals surface area contributed by atoms with E-state index in [1.165, 1.54) is 9.87 Å². The minimum absolute atomic E-state index is 0.000147. The van der Waals surface area contributed by atoms with E-state index >= 15 is 0 Å². The van der Waals surface area contributed by atoms with Gasteiger partial charge in [-0.25, -0.2) is 13.2 Å². The molecule has 0 aromatic heterocycles. The minimum atomic E-state index is -3.53. The number of oxime groups is 1. The van der Waals surface area contributed by atoms with E-state index in [2.05, 4.69) is 28.7 Å². The largest absolute Gasteiger partial charge is 0.477 e. The number of hydrogen-bond acceptors (Lipinski definition) is 7. The van der Waals surface area contributed by atoms with Crippen molar-refractivity contribution in [2.75, 3.05) is 19.6 Å². The van der Waals surface area contributed by atoms with Gasteiger partial charge < -0.3 is 15.3 Å². The summed E-state index contributed by atoms with van der Waals surface area (Å²) in [6.07, 6.45) is 1.66. The van der Waals surface area contributed by atoms with Crippen molar-refractivity contribution >= 4 is 21.7 Å². The van der Waals surface area contributed by atoms with E-state index in [9.17, 15) is 13.2 Å². The molecule has 2 aliphatic heterocycles. The van der Waals surface area contributed by atoms with Gasteiger partial charge in [0.15, 0.2) is 5.71 Å². The second-order valence-electron chi connectivity index (χ2n) is 8.58. The lowest BCUT2D eigenvalue weighted by molar-refractivity contribution is -0.129. The van der Waals surface area contributed by atoms with E-state index in [0.29, 0.717) is 32.4 Å². The highest BCUT2D eigenvalue weighted by atomic mass is 32.2. The smallest absolute Gasteiger partial charge is 0.353 e. The van der Waals surface area contributed by atoms with Crippen LogP contribution in [0.2, 0.25) is 0 Å². The summed E-state index contributed by atoms with van der Waals surface area (Å²) in [5.74, 6) is -1.09. The first-order valence-electron chi connectivity index (χ1n) is 11.4. The maximum atomic E-state index is 12.6. The van der Waals surface area contributed by atoms with Gasteiger partial charge in [-0.1, -0.05) is 53.2 Å². The fourth-order valence-electron chi connectivity index (χ4n) is 3.87. The Balaban J connectivity index is 0.000000241. The molecule has 2 aromatic rings. The van der Waals surface area contributed by atoms with Crippen molar-refractivity contribution in [2.24, 2.45) is 5.16 Å². The molecule has 0 unspecified atom stereocenters. The summed E-state index contributed by atoms with van der Waals surface area (Å²) < 4.78 is 26.7. The SMILES string of the molecule is Cc1ccc(S(=O)(=O)N2CCC3(CC2)CC(C(=O)O)=NO3)cc1.N#CCCNCc1ccccc1. The van der Waals surface area contributed by atoms with Crippen molar-refractivity contribution in [2.45, 2.75) is 49.6 Å². The predicted octanol–water partition coefficient (Wildman–Crippen LogP) is 3.07. The molecule has 0 amide bonds. The topological polar surface area (TPSA) is 132 Å². The average Bonchev–Trinajstić information content (AvgIpc) is 3.27. The first kappa shape index (κ1) is 26.3. The van der Waals surface area contributed by atoms with Gasteiger partial charge in [0.1, 0.15) is 5.60 Å². The summed E-state index contributed by atoms with van der Waals surface area (Å²) >= 11 is 0. The molecule has 4 rings (SSSR count). The Hall–Kier alpha value is -3.26. The Kier molecular flexibility index (Phi) is 8.98. The van der Waals surface area contributed by atoms with Gasteiger partial charge in [0.25, 0.3) is 0 Å². The quantitative estimate of drug-likeness (QED) is 0.561. The molecule has 9 nitrogen and oxygen atoms in total. The van der Waals surface area contributed by atoms with Crippen LogP contribution in [0.3, 0.4) is 0 Å². The van der Waals surface area contributed by atoms with Crippen LogP contribution in [0, 0.1) is 18.3 Å². The van der Waals surface area contributed by atoms with Crippen LogP contribution in [-0.4, -0.2) is 54.7 Å². The van der Waals surface area contributed by atoms with Gasteiger partial charge in [0, 0.05) is 51.9 Å². The van der Waals surface area contributed by atoms with Gasteiger partial charge in [-0.15, -0.1) is 0 Å². The van der Waals surface area contributed by atoms with Crippen molar-refractivity contribution in [3.8, 4) is 6.07 Å². The molecule has 1 saturated heterocycles. The van der Waals surface area contributed by atoms with Crippen molar-refractivity contribution < 1.29 is 23.2 Å². The number of nitriles is 1. The maximum absolute atomic E-state index is 12.6. The van der Waals surface area contributed by atoms with Crippen molar-refractivity contribution in [1.29, 1.82) is 5.26 Å². The van der Waals surface area contributed by atoms with E-state index in [-0.39, 0.29) is 17.0 Å². The number of nitrogens with one attached hydrogen (secondary N) is 1. The molecule has 35 heavy (non-hydrogen) atoms. The molecule has 2 aliphatic rings. The summed E-state index contributed by atoms with van der Waals surface area (Å²) in [6, 6.07) is 19.0. The molecule has 0 bridgehead atoms. The Labute approximate surface area is 206 Å². The first-order valence-corrected chi connectivity index (χ1v) is 12.9. The van der Waals surface area contributed by atoms with Crippen LogP contribution >= 0.6 is 0 Å². The number of rotatable bonds is 7. The summed E-state index contributed by atoms with van der Waals surface area (Å²) in [4.78, 5) is 16.5. The molecule has 0 radical (unpaired) electrons. The summed E-state index contributed by atoms with van der Waals surface area (Å²) in [7, 11) is -3.53. The Morgan fingerprint density at radius 2 is 1.83 bits per heavy atom. The van der Waals surface area contributed by atoms with Gasteiger partial charge >= 0.3 is 5.97 Å². The number of aryl methyl sites for hydroxylation is 1. The van der Waals surface area contributed by atoms with Gasteiger partial charge in [-0.2, -0.15) is 9.57 Å². The number of carbonyl (C=O) groups is 1. The van der Waals surface area contributed by atoms with E-state index in [0.717, 1.165) is 18.7 Å². The van der Waals surface area contributed by atoms with Gasteiger partial charge in [-0.05, 0) is 24.6 Å². The van der Waals surface area contributed by atoms with Crippen LogP contribution in [0.15, 0.2) is 64.6 Å². The van der Waals surface area contributed by atoms with Crippen molar-refractivity contribution in [3.63, 3.8) is 0 Å². The highest BCUT2D eigenvalue weighted by Crippen LogP contribution is 2.36. The standard InChI is InChI=1S/C15H18N2O5S.C10H12N2/c1-11-2-4-12(5-3-11)23(20,21)17-8-6-15(7-9-17)10-13(14(18)19)16-22-15;11-7-4-8-12-9-10-5-2-1-3-6-10/h2-5H,6-10H2,1H3,(H,18,19);1-3,5-6,12H,4,8-9H2. The summed E-state index contributed by atoms with van der Waals surface area (Å²) in [5, 5.41) is 24.0. The van der Waals surface area contributed by atoms with Gasteiger partial charge in [-0.3, -0.25) is 0 Å².